The smallest absolute Gasteiger partial charge is 0.234 e. The Morgan fingerprint density at radius 1 is 1.12 bits per heavy atom. The number of hydrogen-bond donors (Lipinski definition) is 2. The highest BCUT2D eigenvalue weighted by Crippen LogP contribution is 2.24. The van der Waals surface area contributed by atoms with Crippen molar-refractivity contribution in [2.24, 2.45) is 0 Å². The number of hydrogen-bond acceptors (Lipinski definition) is 5. The summed E-state index contributed by atoms with van der Waals surface area (Å²) in [7, 11) is 0. The van der Waals surface area contributed by atoms with E-state index in [9.17, 15) is 18.0 Å². The topological polar surface area (TPSA) is 85.8 Å². The zero-order valence-corrected chi connectivity index (χ0v) is 13.9. The van der Waals surface area contributed by atoms with E-state index in [4.69, 9.17) is 5.84 Å². The average Bonchev–Trinajstić information content (AvgIpc) is 2.97. The molecule has 134 valence electrons. The van der Waals surface area contributed by atoms with Crippen molar-refractivity contribution in [3.8, 4) is 11.4 Å². The summed E-state index contributed by atoms with van der Waals surface area (Å²) in [6.45, 7) is 0. The highest BCUT2D eigenvalue weighted by molar-refractivity contribution is 7.99. The number of nitrogens with zero attached hydrogens (tertiary/aromatic N) is 3. The van der Waals surface area contributed by atoms with Crippen molar-refractivity contribution in [1.29, 1.82) is 0 Å². The second-order valence-corrected chi connectivity index (χ2v) is 6.06. The molecule has 6 nitrogen and oxygen atoms in total. The third kappa shape index (κ3) is 3.80. The molecule has 0 unspecified atom stereocenters. The van der Waals surface area contributed by atoms with Gasteiger partial charge in [-0.2, -0.15) is 0 Å². The summed E-state index contributed by atoms with van der Waals surface area (Å²) in [4.78, 5) is 11.9. The van der Waals surface area contributed by atoms with Crippen molar-refractivity contribution in [3.63, 3.8) is 0 Å². The zero-order chi connectivity index (χ0) is 18.7. The molecule has 10 heteroatoms. The summed E-state index contributed by atoms with van der Waals surface area (Å²) >= 11 is 0.938. The number of aromatic nitrogens is 3. The van der Waals surface area contributed by atoms with Gasteiger partial charge in [-0.05, 0) is 24.3 Å². The van der Waals surface area contributed by atoms with E-state index < -0.39 is 23.4 Å². The molecule has 0 bridgehead atoms. The maximum atomic E-state index is 13.8. The van der Waals surface area contributed by atoms with Gasteiger partial charge in [-0.15, -0.1) is 10.2 Å². The van der Waals surface area contributed by atoms with Gasteiger partial charge in [-0.25, -0.2) is 17.8 Å². The molecule has 0 spiro atoms. The molecule has 1 amide bonds. The zero-order valence-electron chi connectivity index (χ0n) is 13.1. The Kier molecular flexibility index (Phi) is 5.12. The van der Waals surface area contributed by atoms with Gasteiger partial charge in [0.1, 0.15) is 17.5 Å². The van der Waals surface area contributed by atoms with E-state index in [0.29, 0.717) is 6.07 Å². The third-order valence-corrected chi connectivity index (χ3v) is 4.26. The highest BCUT2D eigenvalue weighted by atomic mass is 32.2. The first-order valence-electron chi connectivity index (χ1n) is 7.29. The van der Waals surface area contributed by atoms with Gasteiger partial charge in [0.2, 0.25) is 11.1 Å². The van der Waals surface area contributed by atoms with Gasteiger partial charge in [-0.3, -0.25) is 4.79 Å². The van der Waals surface area contributed by atoms with Crippen LogP contribution in [0.4, 0.5) is 18.9 Å². The first-order chi connectivity index (χ1) is 12.5. The van der Waals surface area contributed by atoms with Gasteiger partial charge >= 0.3 is 0 Å². The summed E-state index contributed by atoms with van der Waals surface area (Å²) < 4.78 is 41.3. The second-order valence-electron chi connectivity index (χ2n) is 5.12. The Balaban J connectivity index is 1.67. The lowest BCUT2D eigenvalue weighted by Gasteiger charge is -2.06. The first kappa shape index (κ1) is 17.8. The number of anilines is 1. The molecule has 0 saturated carbocycles. The van der Waals surface area contributed by atoms with Gasteiger partial charge in [0.15, 0.2) is 5.82 Å². The van der Waals surface area contributed by atoms with Crippen molar-refractivity contribution in [2.75, 3.05) is 16.9 Å². The van der Waals surface area contributed by atoms with E-state index in [-0.39, 0.29) is 28.0 Å². The van der Waals surface area contributed by atoms with Crippen molar-refractivity contribution >= 4 is 23.4 Å². The Bertz CT molecular complexity index is 963. The van der Waals surface area contributed by atoms with Crippen molar-refractivity contribution < 1.29 is 18.0 Å². The maximum Gasteiger partial charge on any atom is 0.234 e. The minimum Gasteiger partial charge on any atom is -0.335 e. The number of halogens is 3. The minimum atomic E-state index is -0.882. The molecule has 3 N–H and O–H groups in total. The Morgan fingerprint density at radius 2 is 1.88 bits per heavy atom. The molecule has 3 rings (SSSR count). The van der Waals surface area contributed by atoms with Crippen molar-refractivity contribution in [1.82, 2.24) is 14.9 Å². The van der Waals surface area contributed by atoms with Crippen molar-refractivity contribution in [2.45, 2.75) is 5.16 Å². The molecule has 0 aliphatic rings. The van der Waals surface area contributed by atoms with E-state index in [1.165, 1.54) is 18.2 Å². The Morgan fingerprint density at radius 3 is 2.62 bits per heavy atom. The van der Waals surface area contributed by atoms with Crippen LogP contribution in [0.2, 0.25) is 0 Å². The van der Waals surface area contributed by atoms with Gasteiger partial charge < -0.3 is 11.2 Å². The first-order valence-corrected chi connectivity index (χ1v) is 8.27. The van der Waals surface area contributed by atoms with Crippen molar-refractivity contribution in [3.05, 3.63) is 59.9 Å². The van der Waals surface area contributed by atoms with Gasteiger partial charge in [0, 0.05) is 6.07 Å². The molecule has 0 saturated heterocycles. The van der Waals surface area contributed by atoms with Gasteiger partial charge in [-0.1, -0.05) is 23.9 Å². The molecule has 3 aromatic rings. The van der Waals surface area contributed by atoms with Crippen LogP contribution in [0, 0.1) is 17.5 Å². The Hall–Kier alpha value is -3.01. The lowest BCUT2D eigenvalue weighted by molar-refractivity contribution is -0.113. The molecular formula is C16H12F3N5OS. The normalized spacial score (nSPS) is 10.7. The monoisotopic (exact) mass is 379 g/mol. The van der Waals surface area contributed by atoms with Crippen LogP contribution in [0.3, 0.4) is 0 Å². The molecule has 0 aliphatic heterocycles. The quantitative estimate of drug-likeness (QED) is 0.526. The lowest BCUT2D eigenvalue weighted by atomic mass is 10.2. The molecule has 0 radical (unpaired) electrons. The molecule has 0 atom stereocenters. The maximum absolute atomic E-state index is 13.8. The largest absolute Gasteiger partial charge is 0.335 e. The number of benzene rings is 2. The number of nitrogen functional groups attached to an aromatic ring is 1. The minimum absolute atomic E-state index is 0.107. The summed E-state index contributed by atoms with van der Waals surface area (Å²) in [5.74, 6) is 3.13. The predicted molar refractivity (Wildman–Crippen MR) is 91.3 cm³/mol. The fraction of sp³-hybridized carbons (Fsp3) is 0.0625. The number of carbonyl (C=O) groups is 1. The van der Waals surface area contributed by atoms with Crippen LogP contribution < -0.4 is 11.2 Å². The van der Waals surface area contributed by atoms with Crippen LogP contribution >= 0.6 is 11.8 Å². The fourth-order valence-electron chi connectivity index (χ4n) is 2.11. The molecule has 26 heavy (non-hydrogen) atoms. The summed E-state index contributed by atoms with van der Waals surface area (Å²) in [6, 6.07) is 8.75. The molecule has 2 aromatic carbocycles. The summed E-state index contributed by atoms with van der Waals surface area (Å²) in [5, 5.41) is 10.1. The highest BCUT2D eigenvalue weighted by Gasteiger charge is 2.16. The van der Waals surface area contributed by atoms with E-state index in [1.807, 2.05) is 0 Å². The van der Waals surface area contributed by atoms with Crippen LogP contribution in [0.1, 0.15) is 0 Å². The fourth-order valence-corrected chi connectivity index (χ4v) is 2.77. The number of amides is 1. The number of nitrogens with one attached hydrogen (secondary N) is 1. The number of thioether (sulfide) groups is 1. The van der Waals surface area contributed by atoms with E-state index in [1.54, 1.807) is 6.07 Å². The third-order valence-electron chi connectivity index (χ3n) is 3.32. The SMILES string of the molecule is Nn1c(SCC(=O)Nc2ccc(F)cc2F)nnc1-c1ccccc1F. The molecule has 1 heterocycles. The van der Waals surface area contributed by atoms with Gasteiger partial charge in [0.05, 0.1) is 17.0 Å². The molecular weight excluding hydrogens is 367 g/mol. The van der Waals surface area contributed by atoms with E-state index in [0.717, 1.165) is 28.6 Å². The standard InChI is InChI=1S/C16H12F3N5OS/c17-9-5-6-13(12(19)7-9)21-14(25)8-26-16-23-22-15(24(16)20)10-3-1-2-4-11(10)18/h1-7H,8,20H2,(H,21,25). The predicted octanol–water partition coefficient (Wildman–Crippen LogP) is 2.81. The van der Waals surface area contributed by atoms with Crippen LogP contribution in [-0.4, -0.2) is 26.5 Å². The summed E-state index contributed by atoms with van der Waals surface area (Å²) in [5.41, 5.74) is 0.0328. The molecule has 0 fully saturated rings. The van der Waals surface area contributed by atoms with Crippen LogP contribution in [0.25, 0.3) is 11.4 Å². The lowest BCUT2D eigenvalue weighted by Crippen LogP contribution is -2.17. The summed E-state index contributed by atoms with van der Waals surface area (Å²) in [6.07, 6.45) is 0. The van der Waals surface area contributed by atoms with Crippen LogP contribution in [0.15, 0.2) is 47.6 Å². The second kappa shape index (κ2) is 7.48. The van der Waals surface area contributed by atoms with E-state index >= 15 is 0 Å². The Labute approximate surface area is 150 Å². The van der Waals surface area contributed by atoms with Gasteiger partial charge in [0.25, 0.3) is 0 Å². The number of carbonyl (C=O) groups excluding carboxylic acids is 1. The molecule has 0 aliphatic carbocycles. The van der Waals surface area contributed by atoms with Crippen LogP contribution in [0.5, 0.6) is 0 Å². The average molecular weight is 379 g/mol. The number of rotatable bonds is 5. The van der Waals surface area contributed by atoms with E-state index in [2.05, 4.69) is 15.5 Å². The van der Waals surface area contributed by atoms with Crippen LogP contribution in [-0.2, 0) is 4.79 Å². The number of nitrogens with two attached hydrogens (primary N) is 1. The molecule has 1 aromatic heterocycles.